The summed E-state index contributed by atoms with van der Waals surface area (Å²) in [4.78, 5) is 0. The highest BCUT2D eigenvalue weighted by Crippen LogP contribution is 2.10. The molecule has 0 amide bonds. The summed E-state index contributed by atoms with van der Waals surface area (Å²) < 4.78 is 14.9. The zero-order valence-electron chi connectivity index (χ0n) is 10.9. The van der Waals surface area contributed by atoms with Crippen molar-refractivity contribution in [3.8, 4) is 5.69 Å². The highest BCUT2D eigenvalue weighted by atomic mass is 19.1. The minimum absolute atomic E-state index is 0.341. The van der Waals surface area contributed by atoms with Crippen LogP contribution < -0.4 is 5.43 Å². The Morgan fingerprint density at radius 3 is 2.62 bits per heavy atom. The van der Waals surface area contributed by atoms with E-state index in [0.717, 1.165) is 5.69 Å². The maximum absolute atomic E-state index is 13.4. The molecule has 1 aromatic heterocycles. The Morgan fingerprint density at radius 1 is 1.05 bits per heavy atom. The molecule has 21 heavy (non-hydrogen) atoms. The van der Waals surface area contributed by atoms with Gasteiger partial charge in [-0.3, -0.25) is 0 Å². The van der Waals surface area contributed by atoms with E-state index in [9.17, 15) is 4.39 Å². The molecular formula is C14H11FN6. The van der Waals surface area contributed by atoms with Crippen LogP contribution in [0.4, 0.5) is 10.3 Å². The molecule has 6 nitrogen and oxygen atoms in total. The lowest BCUT2D eigenvalue weighted by Crippen LogP contribution is -2.03. The zero-order valence-corrected chi connectivity index (χ0v) is 10.9. The number of aromatic nitrogens is 4. The monoisotopic (exact) mass is 282 g/mol. The van der Waals surface area contributed by atoms with Crippen LogP contribution in [0.15, 0.2) is 59.7 Å². The second-order valence-electron chi connectivity index (χ2n) is 4.14. The van der Waals surface area contributed by atoms with Crippen LogP contribution in [-0.4, -0.2) is 26.4 Å². The normalized spacial score (nSPS) is 10.9. The second-order valence-corrected chi connectivity index (χ2v) is 4.14. The van der Waals surface area contributed by atoms with Crippen molar-refractivity contribution < 1.29 is 4.39 Å². The molecule has 7 heteroatoms. The smallest absolute Gasteiger partial charge is 0.244 e. The zero-order chi connectivity index (χ0) is 14.5. The van der Waals surface area contributed by atoms with Crippen molar-refractivity contribution in [2.75, 3.05) is 5.43 Å². The van der Waals surface area contributed by atoms with Crippen molar-refractivity contribution in [3.05, 3.63) is 66.0 Å². The predicted octanol–water partition coefficient (Wildman–Crippen LogP) is 2.25. The molecule has 3 rings (SSSR count). The third-order valence-electron chi connectivity index (χ3n) is 2.74. The predicted molar refractivity (Wildman–Crippen MR) is 76.8 cm³/mol. The Labute approximate surface area is 119 Å². The average molecular weight is 282 g/mol. The van der Waals surface area contributed by atoms with Gasteiger partial charge in [-0.15, -0.1) is 0 Å². The van der Waals surface area contributed by atoms with Gasteiger partial charge in [0.2, 0.25) is 0 Å². The van der Waals surface area contributed by atoms with Crippen molar-refractivity contribution >= 4 is 12.2 Å². The maximum atomic E-state index is 13.4. The van der Waals surface area contributed by atoms with Gasteiger partial charge in [0, 0.05) is 5.56 Å². The van der Waals surface area contributed by atoms with Crippen LogP contribution >= 0.6 is 0 Å². The molecule has 0 saturated carbocycles. The third kappa shape index (κ3) is 2.92. The number of hydrogen-bond donors (Lipinski definition) is 1. The summed E-state index contributed by atoms with van der Waals surface area (Å²) in [6.07, 6.45) is 1.37. The van der Waals surface area contributed by atoms with Gasteiger partial charge in [0.25, 0.3) is 5.95 Å². The Bertz CT molecular complexity index is 753. The Morgan fingerprint density at radius 2 is 1.81 bits per heavy atom. The fraction of sp³-hybridized carbons (Fsp3) is 0. The molecule has 0 radical (unpaired) electrons. The molecule has 0 unspecified atom stereocenters. The Kier molecular flexibility index (Phi) is 3.64. The number of halogens is 1. The molecule has 2 aromatic carbocycles. The number of hydrogen-bond acceptors (Lipinski definition) is 5. The minimum Gasteiger partial charge on any atom is -0.244 e. The van der Waals surface area contributed by atoms with Crippen LogP contribution in [0.1, 0.15) is 5.56 Å². The SMILES string of the molecule is Fc1ccccc1/C=N/Nc1nnnn1-c1ccccc1. The van der Waals surface area contributed by atoms with Crippen LogP contribution in [0.3, 0.4) is 0 Å². The summed E-state index contributed by atoms with van der Waals surface area (Å²) in [5, 5.41) is 15.3. The summed E-state index contributed by atoms with van der Waals surface area (Å²) in [6, 6.07) is 15.7. The molecule has 0 bridgehead atoms. The van der Waals surface area contributed by atoms with Crippen LogP contribution in [0.5, 0.6) is 0 Å². The number of para-hydroxylation sites is 1. The second kappa shape index (κ2) is 5.91. The Hall–Kier alpha value is -3.09. The average Bonchev–Trinajstić information content (AvgIpc) is 2.99. The molecular weight excluding hydrogens is 271 g/mol. The van der Waals surface area contributed by atoms with Crippen LogP contribution in [0, 0.1) is 5.82 Å². The first-order valence-corrected chi connectivity index (χ1v) is 6.22. The number of nitrogens with zero attached hydrogens (tertiary/aromatic N) is 5. The summed E-state index contributed by atoms with van der Waals surface area (Å²) in [7, 11) is 0. The van der Waals surface area contributed by atoms with Gasteiger partial charge in [-0.05, 0) is 28.6 Å². The molecule has 104 valence electrons. The van der Waals surface area contributed by atoms with E-state index < -0.39 is 0 Å². The molecule has 0 aliphatic heterocycles. The number of rotatable bonds is 4. The first-order valence-electron chi connectivity index (χ1n) is 6.22. The number of nitrogens with one attached hydrogen (secondary N) is 1. The topological polar surface area (TPSA) is 68.0 Å². The summed E-state index contributed by atoms with van der Waals surface area (Å²) in [6.45, 7) is 0. The van der Waals surface area contributed by atoms with Crippen molar-refractivity contribution in [2.45, 2.75) is 0 Å². The molecule has 0 aliphatic rings. The van der Waals surface area contributed by atoms with Crippen molar-refractivity contribution in [1.82, 2.24) is 20.2 Å². The van der Waals surface area contributed by atoms with Crippen LogP contribution in [0.25, 0.3) is 5.69 Å². The van der Waals surface area contributed by atoms with E-state index in [1.807, 2.05) is 30.3 Å². The van der Waals surface area contributed by atoms with Gasteiger partial charge in [-0.2, -0.15) is 9.78 Å². The number of tetrazole rings is 1. The first kappa shape index (κ1) is 12.9. The van der Waals surface area contributed by atoms with E-state index in [0.29, 0.717) is 11.5 Å². The molecule has 0 spiro atoms. The summed E-state index contributed by atoms with van der Waals surface area (Å²) in [5.74, 6) is -0.000472. The fourth-order valence-corrected chi connectivity index (χ4v) is 1.74. The lowest BCUT2D eigenvalue weighted by Gasteiger charge is -2.02. The third-order valence-corrected chi connectivity index (χ3v) is 2.74. The van der Waals surface area contributed by atoms with E-state index in [4.69, 9.17) is 0 Å². The molecule has 3 aromatic rings. The van der Waals surface area contributed by atoms with E-state index >= 15 is 0 Å². The van der Waals surface area contributed by atoms with E-state index in [-0.39, 0.29) is 5.82 Å². The van der Waals surface area contributed by atoms with E-state index in [1.165, 1.54) is 17.0 Å². The van der Waals surface area contributed by atoms with Gasteiger partial charge in [-0.1, -0.05) is 41.5 Å². The maximum Gasteiger partial charge on any atom is 0.268 e. The summed E-state index contributed by atoms with van der Waals surface area (Å²) >= 11 is 0. The van der Waals surface area contributed by atoms with E-state index in [1.54, 1.807) is 18.2 Å². The van der Waals surface area contributed by atoms with Gasteiger partial charge < -0.3 is 0 Å². The molecule has 0 aliphatic carbocycles. The van der Waals surface area contributed by atoms with Gasteiger partial charge >= 0.3 is 0 Å². The lowest BCUT2D eigenvalue weighted by atomic mass is 10.2. The van der Waals surface area contributed by atoms with Crippen molar-refractivity contribution in [1.29, 1.82) is 0 Å². The van der Waals surface area contributed by atoms with Gasteiger partial charge in [0.1, 0.15) is 5.82 Å². The molecule has 1 N–H and O–H groups in total. The van der Waals surface area contributed by atoms with Gasteiger partial charge in [0.05, 0.1) is 11.9 Å². The van der Waals surface area contributed by atoms with Crippen molar-refractivity contribution in [2.24, 2.45) is 5.10 Å². The molecule has 0 atom stereocenters. The standard InChI is InChI=1S/C14H11FN6/c15-13-9-5-4-6-11(13)10-16-17-14-18-19-20-21(14)12-7-2-1-3-8-12/h1-10H,(H,17,18,20)/b16-10+. The van der Waals surface area contributed by atoms with Crippen LogP contribution in [-0.2, 0) is 0 Å². The first-order chi connectivity index (χ1) is 10.3. The molecule has 1 heterocycles. The number of benzene rings is 2. The fourth-order valence-electron chi connectivity index (χ4n) is 1.74. The minimum atomic E-state index is -0.342. The molecule has 0 saturated heterocycles. The molecule has 0 fully saturated rings. The quantitative estimate of drug-likeness (QED) is 0.588. The van der Waals surface area contributed by atoms with Crippen molar-refractivity contribution in [3.63, 3.8) is 0 Å². The highest BCUT2D eigenvalue weighted by molar-refractivity contribution is 5.80. The van der Waals surface area contributed by atoms with Crippen LogP contribution in [0.2, 0.25) is 0 Å². The van der Waals surface area contributed by atoms with E-state index in [2.05, 4.69) is 26.1 Å². The lowest BCUT2D eigenvalue weighted by molar-refractivity contribution is 0.626. The highest BCUT2D eigenvalue weighted by Gasteiger charge is 2.06. The number of anilines is 1. The summed E-state index contributed by atoms with van der Waals surface area (Å²) in [5.41, 5.74) is 3.87. The van der Waals surface area contributed by atoms with Gasteiger partial charge in [0.15, 0.2) is 0 Å². The van der Waals surface area contributed by atoms with Gasteiger partial charge in [-0.25, -0.2) is 9.82 Å². The Balaban J connectivity index is 1.78. The largest absolute Gasteiger partial charge is 0.268 e. The number of hydrazone groups is 1.